The van der Waals surface area contributed by atoms with Gasteiger partial charge in [-0.05, 0) is 20.8 Å². The van der Waals surface area contributed by atoms with E-state index in [9.17, 15) is 0 Å². The van der Waals surface area contributed by atoms with Gasteiger partial charge in [-0.1, -0.05) is 19.2 Å². The third kappa shape index (κ3) is 2.09. The van der Waals surface area contributed by atoms with Gasteiger partial charge in [-0.15, -0.1) is 0 Å². The average molecular weight is 137 g/mol. The van der Waals surface area contributed by atoms with Crippen LogP contribution in [0.4, 0.5) is 0 Å². The second-order valence-corrected chi connectivity index (χ2v) is 2.22. The van der Waals surface area contributed by atoms with Gasteiger partial charge < -0.3 is 4.90 Å². The Hall–Kier alpha value is -0.980. The fourth-order valence-electron chi connectivity index (χ4n) is 0.740. The minimum Gasteiger partial charge on any atom is -0.327 e. The van der Waals surface area contributed by atoms with Crippen LogP contribution < -0.4 is 0 Å². The lowest BCUT2D eigenvalue weighted by Gasteiger charge is -2.19. The Bertz CT molecular complexity index is 166. The van der Waals surface area contributed by atoms with Gasteiger partial charge in [0.05, 0.1) is 0 Å². The second kappa shape index (κ2) is 3.94. The molecule has 1 heteroatoms. The van der Waals surface area contributed by atoms with Crippen LogP contribution in [0.2, 0.25) is 0 Å². The third-order valence-electron chi connectivity index (χ3n) is 1.39. The smallest absolute Gasteiger partial charge is 0.0149 e. The summed E-state index contributed by atoms with van der Waals surface area (Å²) in [6, 6.07) is 0. The fourth-order valence-corrected chi connectivity index (χ4v) is 0.740. The van der Waals surface area contributed by atoms with Crippen molar-refractivity contribution in [3.8, 4) is 0 Å². The van der Waals surface area contributed by atoms with E-state index in [2.05, 4.69) is 13.2 Å². The monoisotopic (exact) mass is 137 g/mol. The molecule has 10 heavy (non-hydrogen) atoms. The summed E-state index contributed by atoms with van der Waals surface area (Å²) in [6.07, 6.45) is 3.79. The molecule has 0 fully saturated rings. The Morgan fingerprint density at radius 3 is 2.00 bits per heavy atom. The second-order valence-electron chi connectivity index (χ2n) is 2.22. The van der Waals surface area contributed by atoms with Gasteiger partial charge in [0.25, 0.3) is 0 Å². The number of nitrogens with zero attached hydrogens (tertiary/aromatic N) is 1. The number of hydrogen-bond acceptors (Lipinski definition) is 1. The Kier molecular flexibility index (Phi) is 3.55. The van der Waals surface area contributed by atoms with Crippen LogP contribution in [0.1, 0.15) is 20.8 Å². The molecule has 0 atom stereocenters. The molecule has 56 valence electrons. The molecule has 0 spiro atoms. The molecular weight excluding hydrogens is 122 g/mol. The summed E-state index contributed by atoms with van der Waals surface area (Å²) < 4.78 is 0. The van der Waals surface area contributed by atoms with E-state index in [0.29, 0.717) is 0 Å². The van der Waals surface area contributed by atoms with Gasteiger partial charge in [0.2, 0.25) is 0 Å². The Balaban J connectivity index is 4.36. The summed E-state index contributed by atoms with van der Waals surface area (Å²) in [5.74, 6) is 0. The summed E-state index contributed by atoms with van der Waals surface area (Å²) >= 11 is 0. The van der Waals surface area contributed by atoms with Crippen molar-refractivity contribution in [2.24, 2.45) is 0 Å². The topological polar surface area (TPSA) is 3.24 Å². The highest BCUT2D eigenvalue weighted by molar-refractivity contribution is 5.09. The van der Waals surface area contributed by atoms with Crippen LogP contribution >= 0.6 is 0 Å². The summed E-state index contributed by atoms with van der Waals surface area (Å²) in [4.78, 5) is 1.94. The molecule has 0 aliphatic carbocycles. The standard InChI is InChI=1S/C9H15N/c1-6-9(5)10(7-2)8(3)4/h6-7H,2-3H2,1,4-5H3. The summed E-state index contributed by atoms with van der Waals surface area (Å²) in [6.45, 7) is 13.5. The van der Waals surface area contributed by atoms with Crippen LogP contribution in [0.3, 0.4) is 0 Å². The molecule has 0 heterocycles. The van der Waals surface area contributed by atoms with Gasteiger partial charge >= 0.3 is 0 Å². The molecule has 1 nitrogen and oxygen atoms in total. The number of hydrogen-bond donors (Lipinski definition) is 0. The van der Waals surface area contributed by atoms with E-state index in [1.165, 1.54) is 0 Å². The Morgan fingerprint density at radius 2 is 1.90 bits per heavy atom. The molecule has 0 aromatic heterocycles. The lowest BCUT2D eigenvalue weighted by atomic mass is 10.3. The van der Waals surface area contributed by atoms with Crippen LogP contribution in [0.5, 0.6) is 0 Å². The average Bonchev–Trinajstić information content (AvgIpc) is 1.88. The van der Waals surface area contributed by atoms with Crippen molar-refractivity contribution in [2.75, 3.05) is 0 Å². The van der Waals surface area contributed by atoms with Gasteiger partial charge in [0, 0.05) is 17.6 Å². The van der Waals surface area contributed by atoms with Crippen molar-refractivity contribution >= 4 is 0 Å². The largest absolute Gasteiger partial charge is 0.327 e. The van der Waals surface area contributed by atoms with Crippen molar-refractivity contribution in [3.63, 3.8) is 0 Å². The van der Waals surface area contributed by atoms with Crippen LogP contribution in [0.25, 0.3) is 0 Å². The van der Waals surface area contributed by atoms with Gasteiger partial charge in [-0.3, -0.25) is 0 Å². The fraction of sp³-hybridized carbons (Fsp3) is 0.333. The molecule has 0 rings (SSSR count). The van der Waals surface area contributed by atoms with Crippen LogP contribution in [-0.4, -0.2) is 4.90 Å². The van der Waals surface area contributed by atoms with Crippen molar-refractivity contribution in [2.45, 2.75) is 20.8 Å². The van der Waals surface area contributed by atoms with Gasteiger partial charge in [-0.2, -0.15) is 0 Å². The zero-order valence-corrected chi connectivity index (χ0v) is 7.02. The Morgan fingerprint density at radius 1 is 1.40 bits per heavy atom. The maximum atomic E-state index is 3.81. The zero-order valence-electron chi connectivity index (χ0n) is 7.02. The molecule has 0 N–H and O–H groups in total. The minimum absolute atomic E-state index is 0.991. The minimum atomic E-state index is 0.991. The number of allylic oxidation sites excluding steroid dienone is 3. The van der Waals surface area contributed by atoms with Gasteiger partial charge in [0.15, 0.2) is 0 Å². The molecule has 0 aromatic rings. The van der Waals surface area contributed by atoms with Gasteiger partial charge in [-0.25, -0.2) is 0 Å². The van der Waals surface area contributed by atoms with Crippen LogP contribution in [0, 0.1) is 0 Å². The summed E-state index contributed by atoms with van der Waals surface area (Å²) in [5.41, 5.74) is 2.15. The zero-order chi connectivity index (χ0) is 8.15. The molecule has 0 unspecified atom stereocenters. The van der Waals surface area contributed by atoms with E-state index in [1.54, 1.807) is 6.20 Å². The maximum absolute atomic E-state index is 3.81. The maximum Gasteiger partial charge on any atom is 0.0149 e. The number of rotatable bonds is 3. The molecule has 0 saturated carbocycles. The normalized spacial score (nSPS) is 10.9. The molecule has 0 bridgehead atoms. The molecule has 0 aromatic carbocycles. The highest BCUT2D eigenvalue weighted by atomic mass is 15.1. The predicted molar refractivity (Wildman–Crippen MR) is 46.3 cm³/mol. The summed E-state index contributed by atoms with van der Waals surface area (Å²) in [5, 5.41) is 0. The lowest BCUT2D eigenvalue weighted by Crippen LogP contribution is -2.10. The first kappa shape index (κ1) is 9.02. The van der Waals surface area contributed by atoms with E-state index >= 15 is 0 Å². The first-order chi connectivity index (χ1) is 4.63. The third-order valence-corrected chi connectivity index (χ3v) is 1.39. The molecule has 0 aliphatic heterocycles. The van der Waals surface area contributed by atoms with Crippen molar-refractivity contribution in [3.05, 3.63) is 36.8 Å². The Labute approximate surface area is 63.3 Å². The van der Waals surface area contributed by atoms with Crippen LogP contribution in [0.15, 0.2) is 36.8 Å². The van der Waals surface area contributed by atoms with Crippen LogP contribution in [-0.2, 0) is 0 Å². The highest BCUT2D eigenvalue weighted by Crippen LogP contribution is 2.09. The predicted octanol–water partition coefficient (Wildman–Crippen LogP) is 2.89. The van der Waals surface area contributed by atoms with Crippen molar-refractivity contribution < 1.29 is 0 Å². The molecular formula is C9H15N. The molecule has 0 radical (unpaired) electrons. The van der Waals surface area contributed by atoms with Crippen molar-refractivity contribution in [1.29, 1.82) is 0 Å². The SMILES string of the molecule is C=CN(C(=C)C)C(C)=CC. The first-order valence-corrected chi connectivity index (χ1v) is 3.33. The summed E-state index contributed by atoms with van der Waals surface area (Å²) in [7, 11) is 0. The van der Waals surface area contributed by atoms with E-state index in [1.807, 2.05) is 31.7 Å². The van der Waals surface area contributed by atoms with E-state index in [0.717, 1.165) is 11.4 Å². The lowest BCUT2D eigenvalue weighted by molar-refractivity contribution is 0.580. The van der Waals surface area contributed by atoms with E-state index < -0.39 is 0 Å². The highest BCUT2D eigenvalue weighted by Gasteiger charge is 1.97. The van der Waals surface area contributed by atoms with Crippen molar-refractivity contribution in [1.82, 2.24) is 4.90 Å². The molecule has 0 amide bonds. The first-order valence-electron chi connectivity index (χ1n) is 3.33. The molecule has 0 aliphatic rings. The van der Waals surface area contributed by atoms with Gasteiger partial charge in [0.1, 0.15) is 0 Å². The van der Waals surface area contributed by atoms with E-state index in [4.69, 9.17) is 0 Å². The van der Waals surface area contributed by atoms with E-state index in [-0.39, 0.29) is 0 Å². The molecule has 0 saturated heterocycles. The quantitative estimate of drug-likeness (QED) is 0.578.